The molecular weight excluding hydrogens is 272 g/mol. The van der Waals surface area contributed by atoms with Gasteiger partial charge in [-0.15, -0.1) is 0 Å². The van der Waals surface area contributed by atoms with Gasteiger partial charge in [-0.25, -0.2) is 0 Å². The number of hydrogen-bond donors (Lipinski definition) is 2. The molecule has 0 atom stereocenters. The minimum atomic E-state index is -0.503. The Kier molecular flexibility index (Phi) is 4.13. The number of anilines is 2. The van der Waals surface area contributed by atoms with Crippen molar-refractivity contribution in [2.45, 2.75) is 6.92 Å². The second-order valence-corrected chi connectivity index (χ2v) is 4.38. The summed E-state index contributed by atoms with van der Waals surface area (Å²) in [5.41, 5.74) is 1.95. The zero-order valence-corrected chi connectivity index (χ0v) is 11.6. The number of nitro groups is 1. The van der Waals surface area contributed by atoms with Crippen LogP contribution in [0.2, 0.25) is 0 Å². The zero-order valence-electron chi connectivity index (χ0n) is 11.6. The first-order chi connectivity index (χ1) is 10.0. The van der Waals surface area contributed by atoms with Crippen molar-refractivity contribution in [2.24, 2.45) is 0 Å². The molecule has 2 rings (SSSR count). The van der Waals surface area contributed by atoms with E-state index in [4.69, 9.17) is 0 Å². The number of amides is 1. The van der Waals surface area contributed by atoms with Crippen LogP contribution < -0.4 is 10.6 Å². The molecule has 1 aromatic carbocycles. The van der Waals surface area contributed by atoms with Crippen molar-refractivity contribution in [1.82, 2.24) is 4.98 Å². The van der Waals surface area contributed by atoms with Gasteiger partial charge in [0.05, 0.1) is 16.8 Å². The summed E-state index contributed by atoms with van der Waals surface area (Å²) >= 11 is 0. The molecule has 0 fully saturated rings. The molecule has 0 unspecified atom stereocenters. The first-order valence-corrected chi connectivity index (χ1v) is 6.21. The number of pyridine rings is 1. The van der Waals surface area contributed by atoms with Gasteiger partial charge in [0.1, 0.15) is 5.69 Å². The van der Waals surface area contributed by atoms with Crippen LogP contribution in [0.15, 0.2) is 36.5 Å². The summed E-state index contributed by atoms with van der Waals surface area (Å²) in [6.07, 6.45) is 1.55. The SMILES string of the molecule is CNc1cc(C(=O)Nc2ccc(C)nc2)ccc1[N+](=O)[O-]. The number of hydrogen-bond acceptors (Lipinski definition) is 5. The molecule has 108 valence electrons. The van der Waals surface area contributed by atoms with E-state index in [2.05, 4.69) is 15.6 Å². The van der Waals surface area contributed by atoms with Crippen LogP contribution in [0.1, 0.15) is 16.1 Å². The molecule has 7 heteroatoms. The number of aromatic nitrogens is 1. The summed E-state index contributed by atoms with van der Waals surface area (Å²) in [5.74, 6) is -0.355. The van der Waals surface area contributed by atoms with Gasteiger partial charge in [0.2, 0.25) is 0 Å². The topological polar surface area (TPSA) is 97.2 Å². The standard InChI is InChI=1S/C14H14N4O3/c1-9-3-5-11(8-16-9)17-14(19)10-4-6-13(18(20)21)12(7-10)15-2/h3-8,15H,1-2H3,(H,17,19). The van der Waals surface area contributed by atoms with E-state index < -0.39 is 4.92 Å². The van der Waals surface area contributed by atoms with Crippen LogP contribution in [-0.2, 0) is 0 Å². The van der Waals surface area contributed by atoms with Crippen LogP contribution in [0, 0.1) is 17.0 Å². The maximum atomic E-state index is 12.1. The van der Waals surface area contributed by atoms with Crippen LogP contribution in [0.3, 0.4) is 0 Å². The Hall–Kier alpha value is -2.96. The molecular formula is C14H14N4O3. The molecule has 0 aliphatic carbocycles. The summed E-state index contributed by atoms with van der Waals surface area (Å²) in [5, 5.41) is 16.2. The monoisotopic (exact) mass is 286 g/mol. The number of nitrogens with one attached hydrogen (secondary N) is 2. The Labute approximate surface area is 121 Å². The largest absolute Gasteiger partial charge is 0.383 e. The highest BCUT2D eigenvalue weighted by Gasteiger charge is 2.16. The Bertz CT molecular complexity index is 683. The normalized spacial score (nSPS) is 10.0. The Balaban J connectivity index is 2.23. The highest BCUT2D eigenvalue weighted by Crippen LogP contribution is 2.25. The summed E-state index contributed by atoms with van der Waals surface area (Å²) in [4.78, 5) is 26.5. The molecule has 7 nitrogen and oxygen atoms in total. The summed E-state index contributed by atoms with van der Waals surface area (Å²) in [6, 6.07) is 7.67. The minimum Gasteiger partial charge on any atom is -0.383 e. The average Bonchev–Trinajstić information content (AvgIpc) is 2.48. The molecule has 0 radical (unpaired) electrons. The highest BCUT2D eigenvalue weighted by molar-refractivity contribution is 6.05. The predicted octanol–water partition coefficient (Wildman–Crippen LogP) is 2.59. The van der Waals surface area contributed by atoms with Crippen LogP contribution >= 0.6 is 0 Å². The third-order valence-electron chi connectivity index (χ3n) is 2.89. The third-order valence-corrected chi connectivity index (χ3v) is 2.89. The van der Waals surface area contributed by atoms with E-state index >= 15 is 0 Å². The molecule has 0 aliphatic rings. The predicted molar refractivity (Wildman–Crippen MR) is 79.6 cm³/mol. The van der Waals surface area contributed by atoms with Gasteiger partial charge in [0.15, 0.2) is 0 Å². The Morgan fingerprint density at radius 2 is 2.05 bits per heavy atom. The van der Waals surface area contributed by atoms with Crippen molar-refractivity contribution < 1.29 is 9.72 Å². The van der Waals surface area contributed by atoms with Crippen molar-refractivity contribution in [2.75, 3.05) is 17.7 Å². The van der Waals surface area contributed by atoms with Crippen LogP contribution in [0.25, 0.3) is 0 Å². The van der Waals surface area contributed by atoms with Crippen molar-refractivity contribution in [3.8, 4) is 0 Å². The van der Waals surface area contributed by atoms with E-state index in [1.54, 1.807) is 25.4 Å². The lowest BCUT2D eigenvalue weighted by atomic mass is 10.1. The van der Waals surface area contributed by atoms with E-state index in [9.17, 15) is 14.9 Å². The van der Waals surface area contributed by atoms with Crippen LogP contribution in [-0.4, -0.2) is 22.9 Å². The molecule has 21 heavy (non-hydrogen) atoms. The maximum Gasteiger partial charge on any atom is 0.292 e. The number of benzene rings is 1. The van der Waals surface area contributed by atoms with E-state index in [1.807, 2.05) is 6.92 Å². The van der Waals surface area contributed by atoms with E-state index in [1.165, 1.54) is 18.2 Å². The van der Waals surface area contributed by atoms with Crippen molar-refractivity contribution in [3.05, 3.63) is 57.9 Å². The zero-order chi connectivity index (χ0) is 15.4. The molecule has 1 amide bonds. The van der Waals surface area contributed by atoms with Crippen LogP contribution in [0.5, 0.6) is 0 Å². The average molecular weight is 286 g/mol. The third kappa shape index (κ3) is 3.33. The molecule has 0 spiro atoms. The number of nitrogens with zero attached hydrogens (tertiary/aromatic N) is 2. The van der Waals surface area contributed by atoms with Gasteiger partial charge in [0.25, 0.3) is 11.6 Å². The van der Waals surface area contributed by atoms with Gasteiger partial charge in [-0.1, -0.05) is 0 Å². The summed E-state index contributed by atoms with van der Waals surface area (Å²) < 4.78 is 0. The van der Waals surface area contributed by atoms with Gasteiger partial charge in [0, 0.05) is 24.4 Å². The molecule has 2 N–H and O–H groups in total. The van der Waals surface area contributed by atoms with E-state index in [0.717, 1.165) is 5.69 Å². The number of rotatable bonds is 4. The first kappa shape index (κ1) is 14.4. The fraction of sp³-hybridized carbons (Fsp3) is 0.143. The van der Waals surface area contributed by atoms with Crippen LogP contribution in [0.4, 0.5) is 17.1 Å². The highest BCUT2D eigenvalue weighted by atomic mass is 16.6. The molecule has 0 saturated carbocycles. The number of nitro benzene ring substituents is 1. The number of carbonyl (C=O) groups excluding carboxylic acids is 1. The molecule has 0 saturated heterocycles. The van der Waals surface area contributed by atoms with Crippen molar-refractivity contribution in [1.29, 1.82) is 0 Å². The molecule has 2 aromatic rings. The number of aryl methyl sites for hydroxylation is 1. The summed E-state index contributed by atoms with van der Waals surface area (Å²) in [7, 11) is 1.56. The fourth-order valence-corrected chi connectivity index (χ4v) is 1.78. The Morgan fingerprint density at radius 3 is 2.62 bits per heavy atom. The lowest BCUT2D eigenvalue weighted by molar-refractivity contribution is -0.383. The lowest BCUT2D eigenvalue weighted by Gasteiger charge is -2.07. The van der Waals surface area contributed by atoms with Gasteiger partial charge in [-0.3, -0.25) is 19.9 Å². The number of carbonyl (C=O) groups is 1. The first-order valence-electron chi connectivity index (χ1n) is 6.21. The molecule has 1 heterocycles. The minimum absolute atomic E-state index is 0.0777. The van der Waals surface area contributed by atoms with Gasteiger partial charge in [-0.2, -0.15) is 0 Å². The summed E-state index contributed by atoms with van der Waals surface area (Å²) in [6.45, 7) is 1.85. The molecule has 0 aliphatic heterocycles. The molecule has 1 aromatic heterocycles. The Morgan fingerprint density at radius 1 is 1.29 bits per heavy atom. The maximum absolute atomic E-state index is 12.1. The second-order valence-electron chi connectivity index (χ2n) is 4.38. The van der Waals surface area contributed by atoms with E-state index in [0.29, 0.717) is 11.3 Å². The second kappa shape index (κ2) is 6.00. The van der Waals surface area contributed by atoms with Crippen molar-refractivity contribution >= 4 is 23.0 Å². The lowest BCUT2D eigenvalue weighted by Crippen LogP contribution is -2.12. The van der Waals surface area contributed by atoms with Crippen molar-refractivity contribution in [3.63, 3.8) is 0 Å². The quantitative estimate of drug-likeness (QED) is 0.665. The van der Waals surface area contributed by atoms with Gasteiger partial charge >= 0.3 is 0 Å². The van der Waals surface area contributed by atoms with Gasteiger partial charge in [-0.05, 0) is 31.2 Å². The fourth-order valence-electron chi connectivity index (χ4n) is 1.78. The van der Waals surface area contributed by atoms with E-state index in [-0.39, 0.29) is 17.3 Å². The smallest absolute Gasteiger partial charge is 0.292 e. The van der Waals surface area contributed by atoms with Gasteiger partial charge < -0.3 is 10.6 Å². The molecule has 0 bridgehead atoms.